The largest absolute Gasteiger partial charge is 0.494 e. The number of aromatic nitrogens is 1. The van der Waals surface area contributed by atoms with Gasteiger partial charge in [-0.3, -0.25) is 4.79 Å². The summed E-state index contributed by atoms with van der Waals surface area (Å²) in [5, 5.41) is 6.02. The number of nitrogens with one attached hydrogen (secondary N) is 1. The van der Waals surface area contributed by atoms with E-state index in [-0.39, 0.29) is 5.91 Å². The van der Waals surface area contributed by atoms with E-state index in [9.17, 15) is 4.79 Å². The van der Waals surface area contributed by atoms with E-state index < -0.39 is 0 Å². The van der Waals surface area contributed by atoms with Crippen LogP contribution in [0.25, 0.3) is 10.9 Å². The van der Waals surface area contributed by atoms with Crippen molar-refractivity contribution in [3.05, 3.63) is 100 Å². The van der Waals surface area contributed by atoms with E-state index >= 15 is 0 Å². The quantitative estimate of drug-likeness (QED) is 0.288. The number of amides is 1. The second kappa shape index (κ2) is 9.71. The zero-order valence-electron chi connectivity index (χ0n) is 18.0. The average Bonchev–Trinajstić information content (AvgIpc) is 3.06. The lowest BCUT2D eigenvalue weighted by molar-refractivity contribution is 0.0955. The molecule has 1 N–H and O–H groups in total. The van der Waals surface area contributed by atoms with E-state index in [1.54, 1.807) is 30.5 Å². The Labute approximate surface area is 192 Å². The topological polar surface area (TPSA) is 55.6 Å². The summed E-state index contributed by atoms with van der Waals surface area (Å²) in [6, 6.07) is 23.0. The predicted molar refractivity (Wildman–Crippen MR) is 130 cm³/mol. The monoisotopic (exact) mass is 445 g/mol. The summed E-state index contributed by atoms with van der Waals surface area (Å²) in [4.78, 5) is 12.4. The Morgan fingerprint density at radius 1 is 1.09 bits per heavy atom. The SMILES string of the molecule is CCOc1ccc(C(=O)N/N=C\c2c(C)n(Cc3cccc(Cl)c3)c3ccccc23)cc1. The molecule has 0 aliphatic carbocycles. The molecule has 1 heterocycles. The summed E-state index contributed by atoms with van der Waals surface area (Å²) in [6.07, 6.45) is 1.71. The highest BCUT2D eigenvalue weighted by atomic mass is 35.5. The van der Waals surface area contributed by atoms with Crippen LogP contribution in [0.15, 0.2) is 77.9 Å². The molecule has 0 saturated heterocycles. The minimum Gasteiger partial charge on any atom is -0.494 e. The molecule has 0 atom stereocenters. The van der Waals surface area contributed by atoms with Crippen molar-refractivity contribution < 1.29 is 9.53 Å². The maximum absolute atomic E-state index is 12.4. The molecule has 6 heteroatoms. The van der Waals surface area contributed by atoms with Crippen LogP contribution in [0, 0.1) is 6.92 Å². The molecule has 0 spiro atoms. The third-order valence-corrected chi connectivity index (χ3v) is 5.53. The van der Waals surface area contributed by atoms with Crippen LogP contribution in [0.5, 0.6) is 5.75 Å². The molecule has 3 aromatic carbocycles. The van der Waals surface area contributed by atoms with Gasteiger partial charge in [0.1, 0.15) is 5.75 Å². The zero-order chi connectivity index (χ0) is 22.5. The Kier molecular flexibility index (Phi) is 6.57. The van der Waals surface area contributed by atoms with Gasteiger partial charge in [-0.15, -0.1) is 0 Å². The number of hydrogen-bond donors (Lipinski definition) is 1. The van der Waals surface area contributed by atoms with Gasteiger partial charge in [-0.1, -0.05) is 41.9 Å². The molecule has 0 bridgehead atoms. The molecule has 32 heavy (non-hydrogen) atoms. The standard InChI is InChI=1S/C26H24ClN3O2/c1-3-32-22-13-11-20(12-14-22)26(31)29-28-16-24-18(2)30(25-10-5-4-9-23(24)25)17-19-7-6-8-21(27)15-19/h4-16H,3,17H2,1-2H3,(H,29,31)/b28-16-. The first kappa shape index (κ1) is 21.7. The van der Waals surface area contributed by atoms with Gasteiger partial charge in [-0.2, -0.15) is 5.10 Å². The predicted octanol–water partition coefficient (Wildman–Crippen LogP) is 5.81. The van der Waals surface area contributed by atoms with Crippen molar-refractivity contribution >= 4 is 34.6 Å². The number of hydrazone groups is 1. The summed E-state index contributed by atoms with van der Waals surface area (Å²) in [5.41, 5.74) is 7.39. The smallest absolute Gasteiger partial charge is 0.271 e. The van der Waals surface area contributed by atoms with Crippen molar-refractivity contribution in [2.24, 2.45) is 5.10 Å². The molecule has 162 valence electrons. The fourth-order valence-electron chi connectivity index (χ4n) is 3.73. The van der Waals surface area contributed by atoms with Crippen molar-refractivity contribution in [3.63, 3.8) is 0 Å². The molecule has 4 rings (SSSR count). The Morgan fingerprint density at radius 2 is 1.88 bits per heavy atom. The Bertz CT molecular complexity index is 1280. The summed E-state index contributed by atoms with van der Waals surface area (Å²) in [6.45, 7) is 5.25. The van der Waals surface area contributed by atoms with Crippen LogP contribution in [0.2, 0.25) is 5.02 Å². The number of halogens is 1. The maximum atomic E-state index is 12.4. The highest BCUT2D eigenvalue weighted by molar-refractivity contribution is 6.30. The van der Waals surface area contributed by atoms with E-state index in [1.165, 1.54) is 0 Å². The van der Waals surface area contributed by atoms with Gasteiger partial charge >= 0.3 is 0 Å². The maximum Gasteiger partial charge on any atom is 0.271 e. The highest BCUT2D eigenvalue weighted by Crippen LogP contribution is 2.26. The number of hydrogen-bond acceptors (Lipinski definition) is 3. The summed E-state index contributed by atoms with van der Waals surface area (Å²) in [7, 11) is 0. The highest BCUT2D eigenvalue weighted by Gasteiger charge is 2.13. The van der Waals surface area contributed by atoms with Gasteiger partial charge in [-0.05, 0) is 61.9 Å². The lowest BCUT2D eigenvalue weighted by Gasteiger charge is -2.09. The van der Waals surface area contributed by atoms with Crippen LogP contribution in [0.3, 0.4) is 0 Å². The first-order chi connectivity index (χ1) is 15.6. The second-order valence-electron chi connectivity index (χ2n) is 7.39. The fraction of sp³-hybridized carbons (Fsp3) is 0.154. The number of benzene rings is 3. The van der Waals surface area contributed by atoms with Gasteiger partial charge in [0.05, 0.1) is 12.8 Å². The molecule has 5 nitrogen and oxygen atoms in total. The molecule has 0 aliphatic heterocycles. The van der Waals surface area contributed by atoms with Gasteiger partial charge in [0.25, 0.3) is 5.91 Å². The van der Waals surface area contributed by atoms with Gasteiger partial charge in [0.2, 0.25) is 0 Å². The lowest BCUT2D eigenvalue weighted by Crippen LogP contribution is -2.17. The second-order valence-corrected chi connectivity index (χ2v) is 7.83. The number of carbonyl (C=O) groups excluding carboxylic acids is 1. The van der Waals surface area contributed by atoms with E-state index in [1.807, 2.05) is 37.3 Å². The molecule has 1 aromatic heterocycles. The van der Waals surface area contributed by atoms with E-state index in [0.29, 0.717) is 18.7 Å². The Hall–Kier alpha value is -3.57. The molecule has 0 unspecified atom stereocenters. The van der Waals surface area contributed by atoms with Crippen molar-refractivity contribution in [3.8, 4) is 5.75 Å². The normalized spacial score (nSPS) is 11.2. The number of rotatable bonds is 7. The van der Waals surface area contributed by atoms with Crippen molar-refractivity contribution in [1.29, 1.82) is 0 Å². The number of nitrogens with zero attached hydrogens (tertiary/aromatic N) is 2. The van der Waals surface area contributed by atoms with Crippen LogP contribution < -0.4 is 10.2 Å². The molecular formula is C26H24ClN3O2. The van der Waals surface area contributed by atoms with Gasteiger partial charge < -0.3 is 9.30 Å². The van der Waals surface area contributed by atoms with Crippen LogP contribution in [0.1, 0.15) is 34.1 Å². The average molecular weight is 446 g/mol. The van der Waals surface area contributed by atoms with Crippen LogP contribution >= 0.6 is 11.6 Å². The van der Waals surface area contributed by atoms with Crippen LogP contribution in [-0.4, -0.2) is 23.3 Å². The first-order valence-corrected chi connectivity index (χ1v) is 10.8. The fourth-order valence-corrected chi connectivity index (χ4v) is 3.94. The van der Waals surface area contributed by atoms with Crippen LogP contribution in [0.4, 0.5) is 0 Å². The molecule has 1 amide bonds. The first-order valence-electron chi connectivity index (χ1n) is 10.5. The zero-order valence-corrected chi connectivity index (χ0v) is 18.8. The Morgan fingerprint density at radius 3 is 2.62 bits per heavy atom. The van der Waals surface area contributed by atoms with Gasteiger partial charge in [0.15, 0.2) is 0 Å². The van der Waals surface area contributed by atoms with Crippen molar-refractivity contribution in [2.75, 3.05) is 6.61 Å². The van der Waals surface area contributed by atoms with E-state index in [2.05, 4.69) is 40.2 Å². The number of ether oxygens (including phenoxy) is 1. The Balaban J connectivity index is 1.57. The van der Waals surface area contributed by atoms with Crippen molar-refractivity contribution in [2.45, 2.75) is 20.4 Å². The van der Waals surface area contributed by atoms with Crippen molar-refractivity contribution in [1.82, 2.24) is 9.99 Å². The van der Waals surface area contributed by atoms with Gasteiger partial charge in [-0.25, -0.2) is 5.43 Å². The minimum absolute atomic E-state index is 0.274. The molecule has 0 radical (unpaired) electrons. The molecule has 4 aromatic rings. The number of para-hydroxylation sites is 1. The van der Waals surface area contributed by atoms with E-state index in [4.69, 9.17) is 16.3 Å². The lowest BCUT2D eigenvalue weighted by atomic mass is 10.1. The number of carbonyl (C=O) groups is 1. The molecular weight excluding hydrogens is 422 g/mol. The molecule has 0 saturated carbocycles. The number of fused-ring (bicyclic) bond motifs is 1. The third-order valence-electron chi connectivity index (χ3n) is 5.30. The minimum atomic E-state index is -0.274. The third kappa shape index (κ3) is 4.68. The molecule has 0 fully saturated rings. The summed E-state index contributed by atoms with van der Waals surface area (Å²) < 4.78 is 7.65. The summed E-state index contributed by atoms with van der Waals surface area (Å²) >= 11 is 6.17. The molecule has 0 aliphatic rings. The van der Waals surface area contributed by atoms with E-state index in [0.717, 1.165) is 38.5 Å². The van der Waals surface area contributed by atoms with Gasteiger partial charge in [0, 0.05) is 39.3 Å². The summed E-state index contributed by atoms with van der Waals surface area (Å²) in [5.74, 6) is 0.459. The van der Waals surface area contributed by atoms with Crippen LogP contribution in [-0.2, 0) is 6.54 Å².